The first-order chi connectivity index (χ1) is 12.1. The molecule has 0 unspecified atom stereocenters. The molecule has 2 aromatic carbocycles. The van der Waals surface area contributed by atoms with Crippen LogP contribution in [0.5, 0.6) is 5.75 Å². The topological polar surface area (TPSA) is 71.2 Å². The van der Waals surface area contributed by atoms with Crippen molar-refractivity contribution >= 4 is 28.4 Å². The van der Waals surface area contributed by atoms with Gasteiger partial charge in [0.05, 0.1) is 23.2 Å². The zero-order valence-electron chi connectivity index (χ0n) is 13.6. The van der Waals surface area contributed by atoms with Crippen molar-refractivity contribution in [1.82, 2.24) is 10.3 Å². The van der Waals surface area contributed by atoms with Crippen molar-refractivity contribution in [2.75, 3.05) is 13.7 Å². The van der Waals surface area contributed by atoms with Crippen LogP contribution in [0.3, 0.4) is 0 Å². The normalized spacial score (nSPS) is 10.6. The number of carbonyl (C=O) groups is 1. The van der Waals surface area contributed by atoms with Gasteiger partial charge in [-0.3, -0.25) is 9.59 Å². The summed E-state index contributed by atoms with van der Waals surface area (Å²) in [7, 11) is 1.58. The summed E-state index contributed by atoms with van der Waals surface area (Å²) in [6, 6.07) is 14.2. The lowest BCUT2D eigenvalue weighted by Gasteiger charge is -2.08. The third-order valence-electron chi connectivity index (χ3n) is 3.93. The lowest BCUT2D eigenvalue weighted by atomic mass is 10.1. The molecule has 0 spiro atoms. The third-order valence-corrected chi connectivity index (χ3v) is 4.26. The number of nitrogens with one attached hydrogen (secondary N) is 2. The van der Waals surface area contributed by atoms with E-state index in [0.717, 1.165) is 5.39 Å². The SMILES string of the molecule is COc1ccc2cc(CCNC(=O)c3ccccc3Cl)c(=O)[nH]c2c1. The van der Waals surface area contributed by atoms with Gasteiger partial charge in [0.1, 0.15) is 5.75 Å². The Kier molecular flexibility index (Phi) is 5.05. The van der Waals surface area contributed by atoms with E-state index in [0.29, 0.717) is 40.4 Å². The minimum absolute atomic E-state index is 0.173. The van der Waals surface area contributed by atoms with Gasteiger partial charge < -0.3 is 15.0 Å². The summed E-state index contributed by atoms with van der Waals surface area (Å²) in [5, 5.41) is 4.10. The largest absolute Gasteiger partial charge is 0.497 e. The zero-order valence-corrected chi connectivity index (χ0v) is 14.4. The molecule has 6 heteroatoms. The van der Waals surface area contributed by atoms with Gasteiger partial charge in [-0.25, -0.2) is 0 Å². The van der Waals surface area contributed by atoms with Gasteiger partial charge in [0.15, 0.2) is 0 Å². The summed E-state index contributed by atoms with van der Waals surface area (Å²) in [4.78, 5) is 27.2. The van der Waals surface area contributed by atoms with Gasteiger partial charge in [-0.2, -0.15) is 0 Å². The summed E-state index contributed by atoms with van der Waals surface area (Å²) in [6.07, 6.45) is 0.424. The molecular formula is C19H17ClN2O3. The second kappa shape index (κ2) is 7.40. The van der Waals surface area contributed by atoms with E-state index in [1.165, 1.54) is 0 Å². The van der Waals surface area contributed by atoms with Gasteiger partial charge in [0, 0.05) is 18.2 Å². The van der Waals surface area contributed by atoms with Crippen molar-refractivity contribution in [3.63, 3.8) is 0 Å². The fourth-order valence-corrected chi connectivity index (χ4v) is 2.81. The van der Waals surface area contributed by atoms with Crippen LogP contribution in [-0.2, 0) is 6.42 Å². The Bertz CT molecular complexity index is 982. The van der Waals surface area contributed by atoms with Gasteiger partial charge >= 0.3 is 0 Å². The third kappa shape index (κ3) is 3.83. The average molecular weight is 357 g/mol. The summed E-state index contributed by atoms with van der Waals surface area (Å²) in [6.45, 7) is 0.342. The van der Waals surface area contributed by atoms with Crippen LogP contribution in [0.4, 0.5) is 0 Å². The number of rotatable bonds is 5. The summed E-state index contributed by atoms with van der Waals surface area (Å²) >= 11 is 6.00. The Morgan fingerprint density at radius 3 is 2.76 bits per heavy atom. The van der Waals surface area contributed by atoms with E-state index < -0.39 is 0 Å². The highest BCUT2D eigenvalue weighted by molar-refractivity contribution is 6.33. The molecule has 25 heavy (non-hydrogen) atoms. The lowest BCUT2D eigenvalue weighted by molar-refractivity contribution is 0.0954. The van der Waals surface area contributed by atoms with E-state index in [1.54, 1.807) is 37.4 Å². The van der Waals surface area contributed by atoms with Crippen LogP contribution in [-0.4, -0.2) is 24.5 Å². The number of pyridine rings is 1. The number of carbonyl (C=O) groups excluding carboxylic acids is 1. The molecule has 0 saturated carbocycles. The van der Waals surface area contributed by atoms with Crippen molar-refractivity contribution in [3.8, 4) is 5.75 Å². The molecule has 1 heterocycles. The first-order valence-corrected chi connectivity index (χ1v) is 8.19. The molecule has 3 rings (SSSR count). The standard InChI is InChI=1S/C19H17ClN2O3/c1-25-14-7-6-12-10-13(18(23)22-17(12)11-14)8-9-21-19(24)15-4-2-3-5-16(15)20/h2-7,10-11H,8-9H2,1H3,(H,21,24)(H,22,23). The number of benzene rings is 2. The molecule has 0 bridgehead atoms. The average Bonchev–Trinajstić information content (AvgIpc) is 2.62. The monoisotopic (exact) mass is 356 g/mol. The molecule has 0 aliphatic rings. The van der Waals surface area contributed by atoms with Crippen LogP contribution < -0.4 is 15.6 Å². The Labute approximate surface area is 149 Å². The molecular weight excluding hydrogens is 340 g/mol. The molecule has 2 N–H and O–H groups in total. The van der Waals surface area contributed by atoms with Crippen molar-refractivity contribution < 1.29 is 9.53 Å². The maximum atomic E-state index is 12.2. The van der Waals surface area contributed by atoms with Crippen molar-refractivity contribution in [1.29, 1.82) is 0 Å². The fourth-order valence-electron chi connectivity index (χ4n) is 2.59. The molecule has 1 amide bonds. The number of H-pyrrole nitrogens is 1. The molecule has 0 aliphatic heterocycles. The van der Waals surface area contributed by atoms with Gasteiger partial charge in [0.2, 0.25) is 0 Å². The maximum absolute atomic E-state index is 12.2. The van der Waals surface area contributed by atoms with Gasteiger partial charge in [-0.05, 0) is 42.1 Å². The number of ether oxygens (including phenoxy) is 1. The molecule has 0 saturated heterocycles. The number of methoxy groups -OCH3 is 1. The fraction of sp³-hybridized carbons (Fsp3) is 0.158. The molecule has 1 aromatic heterocycles. The van der Waals surface area contributed by atoms with Gasteiger partial charge in [-0.15, -0.1) is 0 Å². The minimum Gasteiger partial charge on any atom is -0.497 e. The maximum Gasteiger partial charge on any atom is 0.252 e. The number of aromatic amines is 1. The Hall–Kier alpha value is -2.79. The molecule has 0 radical (unpaired) electrons. The highest BCUT2D eigenvalue weighted by atomic mass is 35.5. The second-order valence-electron chi connectivity index (χ2n) is 5.56. The van der Waals surface area contributed by atoms with Crippen molar-refractivity contribution in [2.24, 2.45) is 0 Å². The first-order valence-electron chi connectivity index (χ1n) is 7.81. The van der Waals surface area contributed by atoms with E-state index >= 15 is 0 Å². The van der Waals surface area contributed by atoms with E-state index in [2.05, 4.69) is 10.3 Å². The predicted molar refractivity (Wildman–Crippen MR) is 98.6 cm³/mol. The van der Waals surface area contributed by atoms with Crippen LogP contribution in [0.2, 0.25) is 5.02 Å². The highest BCUT2D eigenvalue weighted by Gasteiger charge is 2.10. The van der Waals surface area contributed by atoms with Crippen LogP contribution in [0.25, 0.3) is 10.9 Å². The zero-order chi connectivity index (χ0) is 17.8. The minimum atomic E-state index is -0.257. The van der Waals surface area contributed by atoms with Crippen LogP contribution >= 0.6 is 11.6 Å². The number of hydrogen-bond donors (Lipinski definition) is 2. The van der Waals surface area contributed by atoms with E-state index in [1.807, 2.05) is 18.2 Å². The van der Waals surface area contributed by atoms with Crippen molar-refractivity contribution in [3.05, 3.63) is 75.0 Å². The van der Waals surface area contributed by atoms with E-state index in [-0.39, 0.29) is 11.5 Å². The summed E-state index contributed by atoms with van der Waals surface area (Å²) in [5.41, 5.74) is 1.57. The number of hydrogen-bond acceptors (Lipinski definition) is 3. The molecule has 3 aromatic rings. The lowest BCUT2D eigenvalue weighted by Crippen LogP contribution is -2.27. The quantitative estimate of drug-likeness (QED) is 0.737. The smallest absolute Gasteiger partial charge is 0.252 e. The van der Waals surface area contributed by atoms with Gasteiger partial charge in [0.25, 0.3) is 11.5 Å². The predicted octanol–water partition coefficient (Wildman–Crippen LogP) is 3.16. The van der Waals surface area contributed by atoms with Crippen LogP contribution in [0.1, 0.15) is 15.9 Å². The Morgan fingerprint density at radius 2 is 2.00 bits per heavy atom. The first kappa shape index (κ1) is 17.0. The number of fused-ring (bicyclic) bond motifs is 1. The van der Waals surface area contributed by atoms with E-state index in [4.69, 9.17) is 16.3 Å². The number of aromatic nitrogens is 1. The van der Waals surface area contributed by atoms with Crippen molar-refractivity contribution in [2.45, 2.75) is 6.42 Å². The number of amides is 1. The second-order valence-corrected chi connectivity index (χ2v) is 5.97. The molecule has 5 nitrogen and oxygen atoms in total. The summed E-state index contributed by atoms with van der Waals surface area (Å²) in [5.74, 6) is 0.426. The molecule has 0 aliphatic carbocycles. The Morgan fingerprint density at radius 1 is 1.20 bits per heavy atom. The highest BCUT2D eigenvalue weighted by Crippen LogP contribution is 2.18. The number of halogens is 1. The molecule has 0 fully saturated rings. The Balaban J connectivity index is 1.71. The molecule has 128 valence electrons. The summed E-state index contributed by atoms with van der Waals surface area (Å²) < 4.78 is 5.16. The van der Waals surface area contributed by atoms with E-state index in [9.17, 15) is 9.59 Å². The molecule has 0 atom stereocenters. The van der Waals surface area contributed by atoms with Gasteiger partial charge in [-0.1, -0.05) is 23.7 Å². The van der Waals surface area contributed by atoms with Crippen LogP contribution in [0, 0.1) is 0 Å². The van der Waals surface area contributed by atoms with Crippen LogP contribution in [0.15, 0.2) is 53.3 Å².